The van der Waals surface area contributed by atoms with Crippen molar-refractivity contribution in [3.05, 3.63) is 47.3 Å². The SMILES string of the molecule is CCOC(Cn1cc(C(=O)NC(C)c2ccc(F)cc2F)nn1)OCC. The molecule has 0 bridgehead atoms. The van der Waals surface area contributed by atoms with E-state index in [1.807, 2.05) is 13.8 Å². The van der Waals surface area contributed by atoms with Gasteiger partial charge in [0.25, 0.3) is 5.91 Å². The van der Waals surface area contributed by atoms with Crippen LogP contribution in [-0.4, -0.2) is 40.4 Å². The van der Waals surface area contributed by atoms with Crippen molar-refractivity contribution < 1.29 is 23.0 Å². The summed E-state index contributed by atoms with van der Waals surface area (Å²) in [5.74, 6) is -1.92. The molecular weight excluding hydrogens is 346 g/mol. The van der Waals surface area contributed by atoms with Crippen LogP contribution in [0.3, 0.4) is 0 Å². The normalized spacial score (nSPS) is 12.4. The third-order valence-electron chi connectivity index (χ3n) is 3.59. The second kappa shape index (κ2) is 9.35. The van der Waals surface area contributed by atoms with Crippen LogP contribution in [0.4, 0.5) is 8.78 Å². The van der Waals surface area contributed by atoms with Crippen LogP contribution in [0.15, 0.2) is 24.4 Å². The minimum Gasteiger partial charge on any atom is -0.351 e. The number of ether oxygens (including phenoxy) is 2. The van der Waals surface area contributed by atoms with Gasteiger partial charge in [0, 0.05) is 24.8 Å². The number of carbonyl (C=O) groups excluding carboxylic acids is 1. The molecule has 1 atom stereocenters. The van der Waals surface area contributed by atoms with Crippen LogP contribution in [0.1, 0.15) is 42.9 Å². The summed E-state index contributed by atoms with van der Waals surface area (Å²) < 4.78 is 39.1. The van der Waals surface area contributed by atoms with Crippen molar-refractivity contribution in [2.24, 2.45) is 0 Å². The molecule has 1 N–H and O–H groups in total. The van der Waals surface area contributed by atoms with E-state index in [4.69, 9.17) is 9.47 Å². The lowest BCUT2D eigenvalue weighted by Gasteiger charge is -2.16. The number of rotatable bonds is 9. The molecule has 9 heteroatoms. The average Bonchev–Trinajstić information content (AvgIpc) is 3.03. The molecule has 1 amide bonds. The van der Waals surface area contributed by atoms with Crippen molar-refractivity contribution in [2.45, 2.75) is 39.6 Å². The molecule has 2 rings (SSSR count). The Morgan fingerprint density at radius 2 is 1.96 bits per heavy atom. The fourth-order valence-corrected chi connectivity index (χ4v) is 2.37. The monoisotopic (exact) mass is 368 g/mol. The van der Waals surface area contributed by atoms with Crippen molar-refractivity contribution in [3.63, 3.8) is 0 Å². The van der Waals surface area contributed by atoms with E-state index in [9.17, 15) is 13.6 Å². The first kappa shape index (κ1) is 19.9. The minimum atomic E-state index is -0.724. The number of benzene rings is 1. The van der Waals surface area contributed by atoms with Crippen LogP contribution in [0.5, 0.6) is 0 Å². The summed E-state index contributed by atoms with van der Waals surface area (Å²) >= 11 is 0. The highest BCUT2D eigenvalue weighted by molar-refractivity contribution is 5.92. The van der Waals surface area contributed by atoms with Crippen molar-refractivity contribution in [3.8, 4) is 0 Å². The first-order valence-electron chi connectivity index (χ1n) is 8.33. The molecule has 0 fully saturated rings. The molecule has 0 aliphatic carbocycles. The van der Waals surface area contributed by atoms with E-state index in [-0.39, 0.29) is 17.8 Å². The molecule has 0 radical (unpaired) electrons. The lowest BCUT2D eigenvalue weighted by Crippen LogP contribution is -2.27. The fourth-order valence-electron chi connectivity index (χ4n) is 2.37. The summed E-state index contributed by atoms with van der Waals surface area (Å²) in [5, 5.41) is 10.3. The highest BCUT2D eigenvalue weighted by Gasteiger charge is 2.18. The Labute approximate surface area is 150 Å². The summed E-state index contributed by atoms with van der Waals surface area (Å²) in [6, 6.07) is 2.55. The Kier molecular flexibility index (Phi) is 7.16. The Balaban J connectivity index is 2.00. The molecule has 0 aliphatic heterocycles. The van der Waals surface area contributed by atoms with Gasteiger partial charge in [-0.25, -0.2) is 13.5 Å². The standard InChI is InChI=1S/C17H22F2N4O3/c1-4-25-16(26-5-2)10-23-9-15(21-22-23)17(24)20-11(3)13-7-6-12(18)8-14(13)19/h6-9,11,16H,4-5,10H2,1-3H3,(H,20,24). The Morgan fingerprint density at radius 3 is 2.58 bits per heavy atom. The minimum absolute atomic E-state index is 0.0751. The number of hydrogen-bond donors (Lipinski definition) is 1. The van der Waals surface area contributed by atoms with E-state index in [1.165, 1.54) is 16.9 Å². The molecule has 26 heavy (non-hydrogen) atoms. The predicted octanol–water partition coefficient (Wildman–Crippen LogP) is 2.45. The molecular formula is C17H22F2N4O3. The van der Waals surface area contributed by atoms with Crippen LogP contribution in [0, 0.1) is 11.6 Å². The zero-order valence-corrected chi connectivity index (χ0v) is 14.9. The maximum absolute atomic E-state index is 13.8. The van der Waals surface area contributed by atoms with Crippen molar-refractivity contribution in [1.82, 2.24) is 20.3 Å². The van der Waals surface area contributed by atoms with E-state index in [1.54, 1.807) is 6.92 Å². The highest BCUT2D eigenvalue weighted by atomic mass is 19.1. The van der Waals surface area contributed by atoms with E-state index in [0.29, 0.717) is 13.2 Å². The molecule has 7 nitrogen and oxygen atoms in total. The quantitative estimate of drug-likeness (QED) is 0.688. The van der Waals surface area contributed by atoms with Gasteiger partial charge < -0.3 is 14.8 Å². The molecule has 2 aromatic rings. The third-order valence-corrected chi connectivity index (χ3v) is 3.59. The molecule has 0 spiro atoms. The summed E-state index contributed by atoms with van der Waals surface area (Å²) in [4.78, 5) is 12.3. The number of halogens is 2. The Morgan fingerprint density at radius 1 is 1.27 bits per heavy atom. The zero-order chi connectivity index (χ0) is 19.1. The smallest absolute Gasteiger partial charge is 0.273 e. The molecule has 142 valence electrons. The molecule has 1 aromatic carbocycles. The summed E-state index contributed by atoms with van der Waals surface area (Å²) in [5.41, 5.74) is 0.256. The lowest BCUT2D eigenvalue weighted by atomic mass is 10.1. The predicted molar refractivity (Wildman–Crippen MR) is 89.3 cm³/mol. The summed E-state index contributed by atoms with van der Waals surface area (Å²) in [6.07, 6.45) is 0.962. The van der Waals surface area contributed by atoms with Crippen molar-refractivity contribution in [2.75, 3.05) is 13.2 Å². The number of nitrogens with one attached hydrogen (secondary N) is 1. The fraction of sp³-hybridized carbons (Fsp3) is 0.471. The van der Waals surface area contributed by atoms with Crippen LogP contribution in [0.2, 0.25) is 0 Å². The van der Waals surface area contributed by atoms with Crippen LogP contribution in [0.25, 0.3) is 0 Å². The van der Waals surface area contributed by atoms with E-state index in [0.717, 1.165) is 12.1 Å². The van der Waals surface area contributed by atoms with Gasteiger partial charge in [0.15, 0.2) is 12.0 Å². The molecule has 0 saturated carbocycles. The number of aromatic nitrogens is 3. The van der Waals surface area contributed by atoms with Gasteiger partial charge in [-0.15, -0.1) is 5.10 Å². The van der Waals surface area contributed by atoms with Crippen LogP contribution >= 0.6 is 0 Å². The van der Waals surface area contributed by atoms with Gasteiger partial charge in [0.2, 0.25) is 0 Å². The zero-order valence-electron chi connectivity index (χ0n) is 14.9. The van der Waals surface area contributed by atoms with Gasteiger partial charge >= 0.3 is 0 Å². The second-order valence-corrected chi connectivity index (χ2v) is 5.53. The summed E-state index contributed by atoms with van der Waals surface area (Å²) in [6.45, 7) is 6.54. The van der Waals surface area contributed by atoms with Gasteiger partial charge in [-0.3, -0.25) is 4.79 Å². The van der Waals surface area contributed by atoms with E-state index in [2.05, 4.69) is 15.6 Å². The average molecular weight is 368 g/mol. The molecule has 1 heterocycles. The molecule has 1 unspecified atom stereocenters. The van der Waals surface area contributed by atoms with Crippen LogP contribution in [-0.2, 0) is 16.0 Å². The maximum Gasteiger partial charge on any atom is 0.273 e. The van der Waals surface area contributed by atoms with Crippen molar-refractivity contribution in [1.29, 1.82) is 0 Å². The first-order chi connectivity index (χ1) is 12.4. The van der Waals surface area contributed by atoms with Gasteiger partial charge in [-0.1, -0.05) is 11.3 Å². The van der Waals surface area contributed by atoms with Gasteiger partial charge in [0.1, 0.15) is 11.6 Å². The van der Waals surface area contributed by atoms with Gasteiger partial charge in [-0.05, 0) is 26.8 Å². The molecule has 0 saturated heterocycles. The molecule has 1 aromatic heterocycles. The van der Waals surface area contributed by atoms with Gasteiger partial charge in [0.05, 0.1) is 18.8 Å². The lowest BCUT2D eigenvalue weighted by molar-refractivity contribution is -0.145. The highest BCUT2D eigenvalue weighted by Crippen LogP contribution is 2.18. The number of hydrogen-bond acceptors (Lipinski definition) is 5. The van der Waals surface area contributed by atoms with E-state index >= 15 is 0 Å². The summed E-state index contributed by atoms with van der Waals surface area (Å²) in [7, 11) is 0. The number of amides is 1. The third kappa shape index (κ3) is 5.30. The number of nitrogens with zero attached hydrogens (tertiary/aromatic N) is 3. The molecule has 0 aliphatic rings. The topological polar surface area (TPSA) is 78.3 Å². The van der Waals surface area contributed by atoms with Crippen molar-refractivity contribution >= 4 is 5.91 Å². The Bertz CT molecular complexity index is 733. The number of carbonyl (C=O) groups is 1. The first-order valence-corrected chi connectivity index (χ1v) is 8.33. The van der Waals surface area contributed by atoms with E-state index < -0.39 is 29.9 Å². The Hall–Kier alpha value is -2.39. The second-order valence-electron chi connectivity index (χ2n) is 5.53. The van der Waals surface area contributed by atoms with Gasteiger partial charge in [-0.2, -0.15) is 0 Å². The largest absolute Gasteiger partial charge is 0.351 e. The maximum atomic E-state index is 13.8. The van der Waals surface area contributed by atoms with Crippen LogP contribution < -0.4 is 5.32 Å².